The SMILES string of the molecule is CCN1CCCC1CNC(=O)c1nc(C(C)C)oc1C. The van der Waals surface area contributed by atoms with Gasteiger partial charge in [-0.15, -0.1) is 0 Å². The normalized spacial score (nSPS) is 19.8. The van der Waals surface area contributed by atoms with Gasteiger partial charge in [-0.1, -0.05) is 20.8 Å². The summed E-state index contributed by atoms with van der Waals surface area (Å²) in [6, 6.07) is 0.459. The van der Waals surface area contributed by atoms with Gasteiger partial charge in [0.2, 0.25) is 0 Å². The number of likely N-dealkylation sites (N-methyl/N-ethyl adjacent to an activating group) is 1. The molecule has 20 heavy (non-hydrogen) atoms. The fourth-order valence-corrected chi connectivity index (χ4v) is 2.71. The molecule has 2 rings (SSSR count). The van der Waals surface area contributed by atoms with Gasteiger partial charge in [0.05, 0.1) is 0 Å². The molecule has 0 aromatic carbocycles. The number of aryl methyl sites for hydroxylation is 1. The van der Waals surface area contributed by atoms with Crippen LogP contribution in [0.1, 0.15) is 61.7 Å². The van der Waals surface area contributed by atoms with Crippen LogP contribution in [0.4, 0.5) is 0 Å². The van der Waals surface area contributed by atoms with Crippen LogP contribution in [0.5, 0.6) is 0 Å². The molecule has 112 valence electrons. The summed E-state index contributed by atoms with van der Waals surface area (Å²) >= 11 is 0. The van der Waals surface area contributed by atoms with Gasteiger partial charge in [-0.05, 0) is 32.9 Å². The molecule has 0 bridgehead atoms. The summed E-state index contributed by atoms with van der Waals surface area (Å²) in [4.78, 5) is 18.9. The Kier molecular flexibility index (Phi) is 4.81. The average molecular weight is 279 g/mol. The van der Waals surface area contributed by atoms with Crippen LogP contribution in [0.2, 0.25) is 0 Å². The van der Waals surface area contributed by atoms with E-state index in [-0.39, 0.29) is 11.8 Å². The number of rotatable bonds is 5. The molecule has 1 amide bonds. The molecule has 1 atom stereocenters. The highest BCUT2D eigenvalue weighted by Gasteiger charge is 2.24. The molecular weight excluding hydrogens is 254 g/mol. The third-order valence-corrected chi connectivity index (χ3v) is 3.93. The third-order valence-electron chi connectivity index (χ3n) is 3.93. The zero-order valence-electron chi connectivity index (χ0n) is 12.9. The first kappa shape index (κ1) is 15.0. The maximum atomic E-state index is 12.2. The Bertz CT molecular complexity index is 468. The Hall–Kier alpha value is -1.36. The molecule has 0 spiro atoms. The van der Waals surface area contributed by atoms with Crippen molar-refractivity contribution in [1.82, 2.24) is 15.2 Å². The van der Waals surface area contributed by atoms with Crippen LogP contribution in [0.3, 0.4) is 0 Å². The molecule has 0 saturated carbocycles. The van der Waals surface area contributed by atoms with E-state index in [1.54, 1.807) is 6.92 Å². The van der Waals surface area contributed by atoms with Crippen molar-refractivity contribution in [2.24, 2.45) is 0 Å². The molecule has 1 aliphatic rings. The summed E-state index contributed by atoms with van der Waals surface area (Å²) in [5.41, 5.74) is 0.426. The number of hydrogen-bond acceptors (Lipinski definition) is 4. The van der Waals surface area contributed by atoms with Gasteiger partial charge in [0.15, 0.2) is 11.6 Å². The minimum Gasteiger partial charge on any atom is -0.445 e. The van der Waals surface area contributed by atoms with Gasteiger partial charge in [-0.2, -0.15) is 0 Å². The van der Waals surface area contributed by atoms with Gasteiger partial charge in [-0.25, -0.2) is 4.98 Å². The summed E-state index contributed by atoms with van der Waals surface area (Å²) in [5.74, 6) is 1.30. The lowest BCUT2D eigenvalue weighted by molar-refractivity contribution is 0.0935. The van der Waals surface area contributed by atoms with Crippen LogP contribution >= 0.6 is 0 Å². The van der Waals surface area contributed by atoms with Crippen molar-refractivity contribution in [3.63, 3.8) is 0 Å². The highest BCUT2D eigenvalue weighted by Crippen LogP contribution is 2.18. The number of oxazole rings is 1. The number of hydrogen-bond donors (Lipinski definition) is 1. The lowest BCUT2D eigenvalue weighted by atomic mass is 10.2. The lowest BCUT2D eigenvalue weighted by Crippen LogP contribution is -2.40. The van der Waals surface area contributed by atoms with E-state index in [1.807, 2.05) is 13.8 Å². The second-order valence-corrected chi connectivity index (χ2v) is 5.75. The smallest absolute Gasteiger partial charge is 0.273 e. The van der Waals surface area contributed by atoms with Gasteiger partial charge in [-0.3, -0.25) is 9.69 Å². The minimum atomic E-state index is -0.124. The first-order chi connectivity index (χ1) is 9.52. The molecule has 0 aliphatic carbocycles. The molecule has 0 radical (unpaired) electrons. The number of aromatic nitrogens is 1. The van der Waals surface area contributed by atoms with Gasteiger partial charge < -0.3 is 9.73 Å². The van der Waals surface area contributed by atoms with E-state index in [9.17, 15) is 4.79 Å². The van der Waals surface area contributed by atoms with Crippen molar-refractivity contribution in [2.45, 2.75) is 52.5 Å². The van der Waals surface area contributed by atoms with Crippen LogP contribution < -0.4 is 5.32 Å². The molecular formula is C15H25N3O2. The highest BCUT2D eigenvalue weighted by atomic mass is 16.4. The summed E-state index contributed by atoms with van der Waals surface area (Å²) < 4.78 is 5.53. The molecule has 1 saturated heterocycles. The molecule has 5 nitrogen and oxygen atoms in total. The monoisotopic (exact) mass is 279 g/mol. The zero-order chi connectivity index (χ0) is 14.7. The van der Waals surface area contributed by atoms with Gasteiger partial charge in [0.25, 0.3) is 5.91 Å². The van der Waals surface area contributed by atoms with Crippen LogP contribution in [-0.4, -0.2) is 41.5 Å². The maximum Gasteiger partial charge on any atom is 0.273 e. The predicted molar refractivity (Wildman–Crippen MR) is 77.9 cm³/mol. The second kappa shape index (κ2) is 6.39. The van der Waals surface area contributed by atoms with Crippen molar-refractivity contribution in [3.8, 4) is 0 Å². The van der Waals surface area contributed by atoms with Gasteiger partial charge in [0, 0.05) is 18.5 Å². The van der Waals surface area contributed by atoms with Crippen LogP contribution in [0.25, 0.3) is 0 Å². The number of nitrogens with one attached hydrogen (secondary N) is 1. The van der Waals surface area contributed by atoms with Crippen molar-refractivity contribution < 1.29 is 9.21 Å². The van der Waals surface area contributed by atoms with Gasteiger partial charge >= 0.3 is 0 Å². The van der Waals surface area contributed by atoms with Crippen molar-refractivity contribution >= 4 is 5.91 Å². The number of amides is 1. The predicted octanol–water partition coefficient (Wildman–Crippen LogP) is 2.32. The van der Waals surface area contributed by atoms with E-state index in [4.69, 9.17) is 4.42 Å². The Balaban J connectivity index is 1.95. The topological polar surface area (TPSA) is 58.4 Å². The standard InChI is InChI=1S/C15H25N3O2/c1-5-18-8-6-7-12(18)9-16-14(19)13-11(4)20-15(17-13)10(2)3/h10,12H,5-9H2,1-4H3,(H,16,19). The van der Waals surface area contributed by atoms with Gasteiger partial charge in [0.1, 0.15) is 5.76 Å². The number of carbonyl (C=O) groups is 1. The Labute approximate surface area is 120 Å². The first-order valence-corrected chi connectivity index (χ1v) is 7.52. The number of nitrogens with zero attached hydrogens (tertiary/aromatic N) is 2. The molecule has 1 N–H and O–H groups in total. The molecule has 1 aromatic heterocycles. The highest BCUT2D eigenvalue weighted by molar-refractivity contribution is 5.93. The molecule has 5 heteroatoms. The quantitative estimate of drug-likeness (QED) is 0.898. The molecule has 1 aliphatic heterocycles. The second-order valence-electron chi connectivity index (χ2n) is 5.75. The summed E-state index contributed by atoms with van der Waals surface area (Å²) in [6.07, 6.45) is 2.37. The lowest BCUT2D eigenvalue weighted by Gasteiger charge is -2.22. The van der Waals surface area contributed by atoms with E-state index in [2.05, 4.69) is 22.1 Å². The first-order valence-electron chi connectivity index (χ1n) is 7.52. The molecule has 1 aromatic rings. The van der Waals surface area contributed by atoms with Crippen molar-refractivity contribution in [1.29, 1.82) is 0 Å². The van der Waals surface area contributed by atoms with E-state index in [0.717, 1.165) is 19.5 Å². The molecule has 2 heterocycles. The van der Waals surface area contributed by atoms with Crippen LogP contribution in [0.15, 0.2) is 4.42 Å². The maximum absolute atomic E-state index is 12.2. The minimum absolute atomic E-state index is 0.124. The van der Waals surface area contributed by atoms with E-state index < -0.39 is 0 Å². The van der Waals surface area contributed by atoms with E-state index in [0.29, 0.717) is 29.9 Å². The van der Waals surface area contributed by atoms with Crippen LogP contribution in [0, 0.1) is 6.92 Å². The summed E-state index contributed by atoms with van der Waals surface area (Å²) in [7, 11) is 0. The van der Waals surface area contributed by atoms with Crippen molar-refractivity contribution in [2.75, 3.05) is 19.6 Å². The number of carbonyl (C=O) groups excluding carboxylic acids is 1. The molecule has 1 unspecified atom stereocenters. The Morgan fingerprint density at radius 3 is 2.90 bits per heavy atom. The fourth-order valence-electron chi connectivity index (χ4n) is 2.71. The largest absolute Gasteiger partial charge is 0.445 e. The molecule has 1 fully saturated rings. The Morgan fingerprint density at radius 1 is 1.55 bits per heavy atom. The third kappa shape index (κ3) is 3.20. The zero-order valence-corrected chi connectivity index (χ0v) is 12.9. The van der Waals surface area contributed by atoms with Crippen LogP contribution in [-0.2, 0) is 0 Å². The van der Waals surface area contributed by atoms with E-state index in [1.165, 1.54) is 6.42 Å². The van der Waals surface area contributed by atoms with E-state index >= 15 is 0 Å². The summed E-state index contributed by atoms with van der Waals surface area (Å²) in [6.45, 7) is 10.8. The summed E-state index contributed by atoms with van der Waals surface area (Å²) in [5, 5.41) is 3.00. The number of likely N-dealkylation sites (tertiary alicyclic amines) is 1. The average Bonchev–Trinajstić information content (AvgIpc) is 3.01. The Morgan fingerprint density at radius 2 is 2.30 bits per heavy atom. The van der Waals surface area contributed by atoms with Crippen molar-refractivity contribution in [3.05, 3.63) is 17.3 Å². The fraction of sp³-hybridized carbons (Fsp3) is 0.733.